The summed E-state index contributed by atoms with van der Waals surface area (Å²) >= 11 is 0. The molecule has 0 aliphatic rings. The number of benzene rings is 1. The second-order valence-electron chi connectivity index (χ2n) is 7.20. The van der Waals surface area contributed by atoms with Crippen LogP contribution in [0.2, 0.25) is 0 Å². The molecule has 0 saturated carbocycles. The van der Waals surface area contributed by atoms with Crippen molar-refractivity contribution in [3.05, 3.63) is 59.0 Å². The van der Waals surface area contributed by atoms with Crippen LogP contribution in [-0.4, -0.2) is 56.5 Å². The number of carboxylic acid groups (broad SMARTS) is 1. The van der Waals surface area contributed by atoms with E-state index in [1.54, 1.807) is 30.3 Å². The molecule has 30 heavy (non-hydrogen) atoms. The van der Waals surface area contributed by atoms with E-state index in [0.717, 1.165) is 4.90 Å². The fourth-order valence-corrected chi connectivity index (χ4v) is 3.05. The number of aromatic amines is 1. The summed E-state index contributed by atoms with van der Waals surface area (Å²) in [6, 6.07) is 7.03. The standard InChI is InChI=1S/C20H25N5O5/c1-13(2)8-16(20(28)29)25(17(24-30)9-15-10-21-12-23-15)18(26)11-22-19(27)14-6-4-3-5-7-14/h3-7,10,12-13,16-17H,8-9,11H2,1-2H3,(H,21,23)(H,22,27)(H,28,29)/t16-,17?/m0/s1. The van der Waals surface area contributed by atoms with Gasteiger partial charge in [0.15, 0.2) is 6.17 Å². The smallest absolute Gasteiger partial charge is 0.326 e. The highest BCUT2D eigenvalue weighted by Crippen LogP contribution is 2.19. The summed E-state index contributed by atoms with van der Waals surface area (Å²) in [4.78, 5) is 56.3. The van der Waals surface area contributed by atoms with Crippen LogP contribution in [0.15, 0.2) is 48.0 Å². The number of carbonyl (C=O) groups excluding carboxylic acids is 2. The maximum Gasteiger partial charge on any atom is 0.326 e. The van der Waals surface area contributed by atoms with E-state index >= 15 is 0 Å². The van der Waals surface area contributed by atoms with Crippen molar-refractivity contribution >= 4 is 17.8 Å². The molecular formula is C20H25N5O5. The Hall–Kier alpha value is -3.56. The van der Waals surface area contributed by atoms with Gasteiger partial charge in [-0.1, -0.05) is 32.0 Å². The number of amides is 2. The van der Waals surface area contributed by atoms with Gasteiger partial charge >= 0.3 is 5.97 Å². The average molecular weight is 415 g/mol. The minimum Gasteiger partial charge on any atom is -0.480 e. The molecule has 2 aromatic rings. The molecule has 0 spiro atoms. The van der Waals surface area contributed by atoms with E-state index in [9.17, 15) is 24.4 Å². The van der Waals surface area contributed by atoms with Crippen LogP contribution >= 0.6 is 0 Å². The van der Waals surface area contributed by atoms with Crippen molar-refractivity contribution < 1.29 is 19.5 Å². The summed E-state index contributed by atoms with van der Waals surface area (Å²) in [5.74, 6) is -2.50. The van der Waals surface area contributed by atoms with Crippen LogP contribution < -0.4 is 5.32 Å². The number of H-pyrrole nitrogens is 1. The number of nitroso groups, excluding NO2 is 1. The van der Waals surface area contributed by atoms with Crippen LogP contribution in [0.5, 0.6) is 0 Å². The summed E-state index contributed by atoms with van der Waals surface area (Å²) in [5, 5.41) is 15.2. The third-order valence-electron chi connectivity index (χ3n) is 4.44. The fraction of sp³-hybridized carbons (Fsp3) is 0.400. The van der Waals surface area contributed by atoms with Crippen LogP contribution in [0.3, 0.4) is 0 Å². The Morgan fingerprint density at radius 2 is 1.93 bits per heavy atom. The third-order valence-corrected chi connectivity index (χ3v) is 4.44. The minimum absolute atomic E-state index is 0.0241. The number of imidazole rings is 1. The molecule has 10 nitrogen and oxygen atoms in total. The summed E-state index contributed by atoms with van der Waals surface area (Å²) in [6.07, 6.45) is 1.71. The van der Waals surface area contributed by atoms with Crippen molar-refractivity contribution in [2.45, 2.75) is 38.9 Å². The van der Waals surface area contributed by atoms with Gasteiger partial charge in [-0.25, -0.2) is 9.78 Å². The molecule has 1 aromatic carbocycles. The molecule has 0 radical (unpaired) electrons. The average Bonchev–Trinajstić information content (AvgIpc) is 3.24. The molecule has 0 bridgehead atoms. The molecule has 1 unspecified atom stereocenters. The van der Waals surface area contributed by atoms with E-state index in [-0.39, 0.29) is 18.8 Å². The van der Waals surface area contributed by atoms with Gasteiger partial charge in [0.1, 0.15) is 6.04 Å². The van der Waals surface area contributed by atoms with Gasteiger partial charge in [-0.2, -0.15) is 0 Å². The monoisotopic (exact) mass is 415 g/mol. The number of hydrogen-bond donors (Lipinski definition) is 3. The Bertz CT molecular complexity index is 854. The lowest BCUT2D eigenvalue weighted by molar-refractivity contribution is -0.152. The van der Waals surface area contributed by atoms with E-state index in [2.05, 4.69) is 20.5 Å². The Morgan fingerprint density at radius 1 is 1.23 bits per heavy atom. The molecule has 3 N–H and O–H groups in total. The van der Waals surface area contributed by atoms with Crippen LogP contribution in [0, 0.1) is 10.8 Å². The Labute approximate surface area is 173 Å². The van der Waals surface area contributed by atoms with Gasteiger partial charge in [0.05, 0.1) is 12.9 Å². The largest absolute Gasteiger partial charge is 0.480 e. The highest BCUT2D eigenvalue weighted by Gasteiger charge is 2.36. The number of aromatic nitrogens is 2. The zero-order valence-corrected chi connectivity index (χ0v) is 16.8. The fourth-order valence-electron chi connectivity index (χ4n) is 3.05. The maximum absolute atomic E-state index is 13.0. The number of nitrogens with one attached hydrogen (secondary N) is 2. The van der Waals surface area contributed by atoms with Gasteiger partial charge in [0.25, 0.3) is 5.91 Å². The lowest BCUT2D eigenvalue weighted by Crippen LogP contribution is -2.54. The third kappa shape index (κ3) is 6.23. The molecule has 2 atom stereocenters. The second kappa shape index (κ2) is 10.8. The first-order valence-corrected chi connectivity index (χ1v) is 9.50. The second-order valence-corrected chi connectivity index (χ2v) is 7.20. The lowest BCUT2D eigenvalue weighted by Gasteiger charge is -2.33. The van der Waals surface area contributed by atoms with Crippen LogP contribution in [0.4, 0.5) is 0 Å². The molecule has 2 amide bonds. The van der Waals surface area contributed by atoms with E-state index < -0.39 is 36.5 Å². The topological polar surface area (TPSA) is 145 Å². The lowest BCUT2D eigenvalue weighted by atomic mass is 10.0. The van der Waals surface area contributed by atoms with Gasteiger partial charge in [-0.3, -0.25) is 9.59 Å². The van der Waals surface area contributed by atoms with E-state index in [1.165, 1.54) is 12.5 Å². The van der Waals surface area contributed by atoms with Gasteiger partial charge in [-0.05, 0) is 29.6 Å². The molecule has 2 rings (SSSR count). The number of aliphatic carboxylic acids is 1. The van der Waals surface area contributed by atoms with Gasteiger partial charge in [0.2, 0.25) is 5.91 Å². The summed E-state index contributed by atoms with van der Waals surface area (Å²) in [7, 11) is 0. The van der Waals surface area contributed by atoms with E-state index in [0.29, 0.717) is 11.3 Å². The summed E-state index contributed by atoms with van der Waals surface area (Å²) < 4.78 is 0. The number of carboxylic acids is 1. The molecule has 1 aromatic heterocycles. The Balaban J connectivity index is 2.23. The normalized spacial score (nSPS) is 12.8. The van der Waals surface area contributed by atoms with Crippen molar-refractivity contribution in [1.82, 2.24) is 20.2 Å². The number of hydrogen-bond acceptors (Lipinski definition) is 6. The predicted molar refractivity (Wildman–Crippen MR) is 108 cm³/mol. The zero-order chi connectivity index (χ0) is 22.1. The molecule has 160 valence electrons. The van der Waals surface area contributed by atoms with Crippen molar-refractivity contribution in [3.8, 4) is 0 Å². The molecule has 0 aliphatic carbocycles. The number of rotatable bonds is 11. The van der Waals surface area contributed by atoms with Gasteiger partial charge in [0, 0.05) is 23.9 Å². The predicted octanol–water partition coefficient (Wildman–Crippen LogP) is 1.80. The zero-order valence-electron chi connectivity index (χ0n) is 16.8. The van der Waals surface area contributed by atoms with E-state index in [4.69, 9.17) is 0 Å². The van der Waals surface area contributed by atoms with Gasteiger partial charge < -0.3 is 20.3 Å². The first-order chi connectivity index (χ1) is 14.3. The van der Waals surface area contributed by atoms with Crippen molar-refractivity contribution in [2.24, 2.45) is 11.1 Å². The molecular weight excluding hydrogens is 390 g/mol. The van der Waals surface area contributed by atoms with Crippen LogP contribution in [0.25, 0.3) is 0 Å². The van der Waals surface area contributed by atoms with Crippen molar-refractivity contribution in [2.75, 3.05) is 6.54 Å². The van der Waals surface area contributed by atoms with Crippen molar-refractivity contribution in [3.63, 3.8) is 0 Å². The number of nitrogens with zero attached hydrogens (tertiary/aromatic N) is 3. The molecule has 1 heterocycles. The molecule has 0 aliphatic heterocycles. The Morgan fingerprint density at radius 3 is 2.47 bits per heavy atom. The first kappa shape index (κ1) is 22.7. The highest BCUT2D eigenvalue weighted by molar-refractivity contribution is 5.96. The van der Waals surface area contributed by atoms with Crippen molar-refractivity contribution in [1.29, 1.82) is 0 Å². The quantitative estimate of drug-likeness (QED) is 0.477. The molecule has 10 heteroatoms. The summed E-state index contributed by atoms with van der Waals surface area (Å²) in [5.41, 5.74) is 0.885. The molecule has 0 saturated heterocycles. The SMILES string of the molecule is CC(C)C[C@@H](C(=O)O)N(C(=O)CNC(=O)c1ccccc1)C(Cc1cnc[nH]1)N=O. The highest BCUT2D eigenvalue weighted by atomic mass is 16.4. The maximum atomic E-state index is 13.0. The number of carbonyl (C=O) groups is 3. The van der Waals surface area contributed by atoms with E-state index in [1.807, 2.05) is 13.8 Å². The minimum atomic E-state index is -1.27. The Kier molecular flexibility index (Phi) is 8.21. The van der Waals surface area contributed by atoms with Crippen LogP contribution in [-0.2, 0) is 16.0 Å². The van der Waals surface area contributed by atoms with Gasteiger partial charge in [-0.15, -0.1) is 4.91 Å². The summed E-state index contributed by atoms with van der Waals surface area (Å²) in [6.45, 7) is 3.16. The van der Waals surface area contributed by atoms with Crippen LogP contribution in [0.1, 0.15) is 36.3 Å². The molecule has 0 fully saturated rings. The first-order valence-electron chi connectivity index (χ1n) is 9.50.